The van der Waals surface area contributed by atoms with Gasteiger partial charge in [0.25, 0.3) is 6.02 Å². The minimum Gasteiger partial charge on any atom is -0.463 e. The molecule has 4 nitrogen and oxygen atoms in total. The molecule has 6 heteroatoms. The van der Waals surface area contributed by atoms with E-state index in [1.54, 1.807) is 6.07 Å². The number of halogens is 2. The van der Waals surface area contributed by atoms with Crippen molar-refractivity contribution < 1.29 is 4.74 Å². The standard InChI is InChI=1S/C11H13Cl2N3O/c12-8-1-7(2-9(13)3-8)4-15-5-10-6-17-11(14)16-10/h1-3,10,15H,4-6H2,(H2,14,16)/t10-/m0/s1. The first-order chi connectivity index (χ1) is 8.13. The van der Waals surface area contributed by atoms with Gasteiger partial charge in [-0.05, 0) is 23.8 Å². The van der Waals surface area contributed by atoms with Crippen molar-refractivity contribution in [2.45, 2.75) is 12.6 Å². The molecule has 1 heterocycles. The van der Waals surface area contributed by atoms with Gasteiger partial charge in [-0.1, -0.05) is 23.2 Å². The molecule has 1 aliphatic heterocycles. The number of aliphatic imine (C=N–C) groups is 1. The predicted molar refractivity (Wildman–Crippen MR) is 69.5 cm³/mol. The molecule has 1 aliphatic rings. The molecule has 3 N–H and O–H groups in total. The van der Waals surface area contributed by atoms with E-state index >= 15 is 0 Å². The molecule has 0 aromatic heterocycles. The number of hydrogen-bond donors (Lipinski definition) is 2. The maximum atomic E-state index is 5.90. The third-order valence-corrected chi connectivity index (χ3v) is 2.80. The predicted octanol–water partition coefficient (Wildman–Crippen LogP) is 1.80. The summed E-state index contributed by atoms with van der Waals surface area (Å²) in [6.45, 7) is 1.94. The van der Waals surface area contributed by atoms with Crippen LogP contribution in [0, 0.1) is 0 Å². The molecule has 0 radical (unpaired) electrons. The summed E-state index contributed by atoms with van der Waals surface area (Å²) in [6, 6.07) is 5.82. The molecular formula is C11H13Cl2N3O. The molecule has 1 aromatic carbocycles. The van der Waals surface area contributed by atoms with E-state index in [9.17, 15) is 0 Å². The van der Waals surface area contributed by atoms with Crippen LogP contribution in [0.1, 0.15) is 5.56 Å². The Morgan fingerprint density at radius 2 is 2.06 bits per heavy atom. The highest BCUT2D eigenvalue weighted by atomic mass is 35.5. The average Bonchev–Trinajstić information content (AvgIpc) is 2.63. The second kappa shape index (κ2) is 5.58. The summed E-state index contributed by atoms with van der Waals surface area (Å²) in [5.74, 6) is 0. The van der Waals surface area contributed by atoms with Crippen molar-refractivity contribution in [2.24, 2.45) is 10.7 Å². The van der Waals surface area contributed by atoms with Gasteiger partial charge in [0, 0.05) is 23.1 Å². The molecule has 0 fully saturated rings. The van der Waals surface area contributed by atoms with Crippen LogP contribution in [-0.2, 0) is 11.3 Å². The highest BCUT2D eigenvalue weighted by molar-refractivity contribution is 6.34. The van der Waals surface area contributed by atoms with Crippen molar-refractivity contribution in [3.05, 3.63) is 33.8 Å². The van der Waals surface area contributed by atoms with Crippen LogP contribution in [0.5, 0.6) is 0 Å². The fourth-order valence-corrected chi connectivity index (χ4v) is 2.21. The van der Waals surface area contributed by atoms with Gasteiger partial charge in [0.2, 0.25) is 0 Å². The molecule has 1 aromatic rings. The van der Waals surface area contributed by atoms with E-state index < -0.39 is 0 Å². The average molecular weight is 274 g/mol. The maximum absolute atomic E-state index is 5.90. The first kappa shape index (κ1) is 12.5. The number of benzene rings is 1. The van der Waals surface area contributed by atoms with E-state index in [-0.39, 0.29) is 12.1 Å². The van der Waals surface area contributed by atoms with Gasteiger partial charge in [-0.2, -0.15) is 0 Å². The van der Waals surface area contributed by atoms with Crippen molar-refractivity contribution in [3.63, 3.8) is 0 Å². The van der Waals surface area contributed by atoms with Crippen LogP contribution in [0.15, 0.2) is 23.2 Å². The Kier molecular flexibility index (Phi) is 4.10. The molecule has 0 spiro atoms. The van der Waals surface area contributed by atoms with E-state index in [1.165, 1.54) is 0 Å². The van der Waals surface area contributed by atoms with Crippen molar-refractivity contribution in [2.75, 3.05) is 13.2 Å². The molecule has 2 rings (SSSR count). The molecule has 0 bridgehead atoms. The van der Waals surface area contributed by atoms with Gasteiger partial charge in [-0.3, -0.25) is 0 Å². The van der Waals surface area contributed by atoms with E-state index in [0.29, 0.717) is 29.7 Å². The third-order valence-electron chi connectivity index (χ3n) is 2.36. The third kappa shape index (κ3) is 3.77. The van der Waals surface area contributed by atoms with Crippen LogP contribution in [0.3, 0.4) is 0 Å². The Morgan fingerprint density at radius 1 is 1.35 bits per heavy atom. The molecule has 17 heavy (non-hydrogen) atoms. The van der Waals surface area contributed by atoms with Crippen molar-refractivity contribution in [1.82, 2.24) is 5.32 Å². The lowest BCUT2D eigenvalue weighted by atomic mass is 10.2. The highest BCUT2D eigenvalue weighted by Gasteiger charge is 2.15. The van der Waals surface area contributed by atoms with Crippen molar-refractivity contribution in [3.8, 4) is 0 Å². The lowest BCUT2D eigenvalue weighted by Crippen LogP contribution is -2.26. The Balaban J connectivity index is 1.82. The Bertz CT molecular complexity index is 416. The molecule has 0 unspecified atom stereocenters. The Labute approximate surface area is 110 Å². The number of rotatable bonds is 4. The minimum atomic E-state index is 0.0876. The lowest BCUT2D eigenvalue weighted by Gasteiger charge is -2.08. The summed E-state index contributed by atoms with van der Waals surface area (Å²) in [5.41, 5.74) is 6.45. The Hall–Kier alpha value is -0.970. The molecule has 0 saturated carbocycles. The van der Waals surface area contributed by atoms with Crippen LogP contribution in [0.2, 0.25) is 10.0 Å². The van der Waals surface area contributed by atoms with Crippen LogP contribution in [0.25, 0.3) is 0 Å². The minimum absolute atomic E-state index is 0.0876. The quantitative estimate of drug-likeness (QED) is 0.880. The highest BCUT2D eigenvalue weighted by Crippen LogP contribution is 2.18. The van der Waals surface area contributed by atoms with Gasteiger partial charge < -0.3 is 15.8 Å². The van der Waals surface area contributed by atoms with Gasteiger partial charge in [0.15, 0.2) is 0 Å². The van der Waals surface area contributed by atoms with Crippen molar-refractivity contribution in [1.29, 1.82) is 0 Å². The zero-order chi connectivity index (χ0) is 12.3. The van der Waals surface area contributed by atoms with Crippen LogP contribution in [0.4, 0.5) is 0 Å². The van der Waals surface area contributed by atoms with Gasteiger partial charge in [-0.25, -0.2) is 4.99 Å². The summed E-state index contributed by atoms with van der Waals surface area (Å²) in [4.78, 5) is 4.11. The molecule has 0 saturated heterocycles. The number of amidine groups is 1. The first-order valence-electron chi connectivity index (χ1n) is 5.25. The maximum Gasteiger partial charge on any atom is 0.282 e. The van der Waals surface area contributed by atoms with Gasteiger partial charge in [0.1, 0.15) is 12.6 Å². The summed E-state index contributed by atoms with van der Waals surface area (Å²) in [7, 11) is 0. The van der Waals surface area contributed by atoms with Gasteiger partial charge in [-0.15, -0.1) is 0 Å². The topological polar surface area (TPSA) is 59.6 Å². The second-order valence-corrected chi connectivity index (χ2v) is 4.71. The smallest absolute Gasteiger partial charge is 0.282 e. The number of nitrogens with one attached hydrogen (secondary N) is 1. The lowest BCUT2D eigenvalue weighted by molar-refractivity contribution is 0.309. The summed E-state index contributed by atoms with van der Waals surface area (Å²) >= 11 is 11.8. The fourth-order valence-electron chi connectivity index (χ4n) is 1.64. The van der Waals surface area contributed by atoms with Gasteiger partial charge in [0.05, 0.1) is 0 Å². The second-order valence-electron chi connectivity index (χ2n) is 3.84. The zero-order valence-corrected chi connectivity index (χ0v) is 10.6. The first-order valence-corrected chi connectivity index (χ1v) is 6.01. The largest absolute Gasteiger partial charge is 0.463 e. The van der Waals surface area contributed by atoms with Crippen molar-refractivity contribution >= 4 is 29.2 Å². The molecular weight excluding hydrogens is 261 g/mol. The number of nitrogens with two attached hydrogens (primary N) is 1. The van der Waals surface area contributed by atoms with E-state index in [1.807, 2.05) is 12.1 Å². The summed E-state index contributed by atoms with van der Waals surface area (Å²) in [6.07, 6.45) is 0. The number of nitrogens with zero attached hydrogens (tertiary/aromatic N) is 1. The molecule has 1 atom stereocenters. The number of ether oxygens (including phenoxy) is 1. The van der Waals surface area contributed by atoms with Crippen LogP contribution < -0.4 is 11.1 Å². The van der Waals surface area contributed by atoms with Gasteiger partial charge >= 0.3 is 0 Å². The molecule has 92 valence electrons. The Morgan fingerprint density at radius 3 is 2.65 bits per heavy atom. The molecule has 0 amide bonds. The van der Waals surface area contributed by atoms with E-state index in [4.69, 9.17) is 33.7 Å². The van der Waals surface area contributed by atoms with E-state index in [2.05, 4.69) is 10.3 Å². The van der Waals surface area contributed by atoms with E-state index in [0.717, 1.165) is 5.56 Å². The zero-order valence-electron chi connectivity index (χ0n) is 9.12. The fraction of sp³-hybridized carbons (Fsp3) is 0.364. The SMILES string of the molecule is NC1=N[C@@H](CNCc2cc(Cl)cc(Cl)c2)CO1. The van der Waals surface area contributed by atoms with Crippen LogP contribution in [-0.4, -0.2) is 25.2 Å². The van der Waals surface area contributed by atoms with Crippen LogP contribution >= 0.6 is 23.2 Å². The normalized spacial score (nSPS) is 18.9. The summed E-state index contributed by atoms with van der Waals surface area (Å²) in [5, 5.41) is 4.54. The number of hydrogen-bond acceptors (Lipinski definition) is 4. The monoisotopic (exact) mass is 273 g/mol. The summed E-state index contributed by atoms with van der Waals surface area (Å²) < 4.78 is 5.05. The molecule has 0 aliphatic carbocycles.